The fraction of sp³-hybridized carbons (Fsp3) is 0.333. The van der Waals surface area contributed by atoms with Crippen LogP contribution < -0.4 is 5.32 Å². The van der Waals surface area contributed by atoms with Gasteiger partial charge in [0.2, 0.25) is 0 Å². The van der Waals surface area contributed by atoms with Gasteiger partial charge in [-0.2, -0.15) is 0 Å². The molecule has 0 amide bonds. The van der Waals surface area contributed by atoms with E-state index in [2.05, 4.69) is 52.7 Å². The summed E-state index contributed by atoms with van der Waals surface area (Å²) in [4.78, 5) is 0. The Morgan fingerprint density at radius 3 is 2.58 bits per heavy atom. The number of hydrogen-bond acceptors (Lipinski definition) is 1. The number of benzene rings is 1. The van der Waals surface area contributed by atoms with E-state index in [0.29, 0.717) is 0 Å². The van der Waals surface area contributed by atoms with Crippen molar-refractivity contribution in [2.75, 3.05) is 5.32 Å². The maximum Gasteiger partial charge on any atom is 0.0549 e. The Labute approximate surface area is 127 Å². The normalized spacial score (nSPS) is 10.8. The molecule has 0 radical (unpaired) electrons. The van der Waals surface area contributed by atoms with E-state index in [1.165, 1.54) is 17.0 Å². The van der Waals surface area contributed by atoms with E-state index >= 15 is 0 Å². The molecule has 0 aliphatic carbocycles. The maximum absolute atomic E-state index is 5.99. The Kier molecular flexibility index (Phi) is 4.58. The molecule has 4 heteroatoms. The Hall–Kier alpha value is -0.930. The van der Waals surface area contributed by atoms with Crippen LogP contribution in [0.25, 0.3) is 0 Å². The molecule has 102 valence electrons. The van der Waals surface area contributed by atoms with Gasteiger partial charge in [-0.05, 0) is 66.5 Å². The number of nitrogens with one attached hydrogen (secondary N) is 1. The lowest BCUT2D eigenvalue weighted by Crippen LogP contribution is -2.03. The van der Waals surface area contributed by atoms with Gasteiger partial charge in [0.1, 0.15) is 0 Å². The first-order chi connectivity index (χ1) is 9.02. The highest BCUT2D eigenvalue weighted by Crippen LogP contribution is 2.26. The Morgan fingerprint density at radius 1 is 1.26 bits per heavy atom. The molecule has 0 saturated heterocycles. The van der Waals surface area contributed by atoms with Gasteiger partial charge in [-0.1, -0.05) is 11.6 Å². The molecule has 1 heterocycles. The van der Waals surface area contributed by atoms with Crippen molar-refractivity contribution in [2.45, 2.75) is 33.9 Å². The predicted molar refractivity (Wildman–Crippen MR) is 86.1 cm³/mol. The van der Waals surface area contributed by atoms with Crippen molar-refractivity contribution in [1.29, 1.82) is 0 Å². The highest BCUT2D eigenvalue weighted by atomic mass is 79.9. The Balaban J connectivity index is 2.12. The van der Waals surface area contributed by atoms with Crippen LogP contribution in [0.1, 0.15) is 23.9 Å². The number of halogens is 2. The summed E-state index contributed by atoms with van der Waals surface area (Å²) >= 11 is 9.43. The van der Waals surface area contributed by atoms with Crippen molar-refractivity contribution >= 4 is 33.2 Å². The van der Waals surface area contributed by atoms with E-state index in [1.54, 1.807) is 0 Å². The molecule has 19 heavy (non-hydrogen) atoms. The summed E-state index contributed by atoms with van der Waals surface area (Å²) in [5.41, 5.74) is 5.05. The summed E-state index contributed by atoms with van der Waals surface area (Å²) in [6.07, 6.45) is 0. The summed E-state index contributed by atoms with van der Waals surface area (Å²) in [5.74, 6) is 0. The van der Waals surface area contributed by atoms with Gasteiger partial charge >= 0.3 is 0 Å². The molecular formula is C15H18BrClN2. The molecule has 2 rings (SSSR count). The van der Waals surface area contributed by atoms with Crippen molar-refractivity contribution < 1.29 is 0 Å². The third kappa shape index (κ3) is 3.15. The van der Waals surface area contributed by atoms with Crippen molar-refractivity contribution in [2.24, 2.45) is 0 Å². The lowest BCUT2D eigenvalue weighted by molar-refractivity contribution is 0.715. The van der Waals surface area contributed by atoms with Crippen LogP contribution in [-0.2, 0) is 13.1 Å². The number of rotatable bonds is 4. The van der Waals surface area contributed by atoms with Crippen LogP contribution in [0.5, 0.6) is 0 Å². The lowest BCUT2D eigenvalue weighted by Gasteiger charge is -2.09. The summed E-state index contributed by atoms with van der Waals surface area (Å²) in [6, 6.07) is 8.13. The van der Waals surface area contributed by atoms with Crippen LogP contribution in [0.3, 0.4) is 0 Å². The van der Waals surface area contributed by atoms with Crippen LogP contribution in [-0.4, -0.2) is 4.57 Å². The predicted octanol–water partition coefficient (Wildman–Crippen LogP) is 5.15. The molecule has 2 nitrogen and oxygen atoms in total. The first-order valence-electron chi connectivity index (χ1n) is 6.37. The third-order valence-electron chi connectivity index (χ3n) is 3.40. The molecule has 0 atom stereocenters. The molecule has 0 fully saturated rings. The van der Waals surface area contributed by atoms with Gasteiger partial charge in [0, 0.05) is 34.6 Å². The zero-order valence-corrected chi connectivity index (χ0v) is 13.8. The molecule has 0 unspecified atom stereocenters. The van der Waals surface area contributed by atoms with Crippen molar-refractivity contribution in [3.8, 4) is 0 Å². The van der Waals surface area contributed by atoms with Crippen molar-refractivity contribution in [3.05, 3.63) is 50.7 Å². The molecule has 0 aliphatic rings. The van der Waals surface area contributed by atoms with Crippen LogP contribution >= 0.6 is 27.5 Å². The fourth-order valence-corrected chi connectivity index (χ4v) is 2.84. The lowest BCUT2D eigenvalue weighted by atomic mass is 10.2. The average Bonchev–Trinajstić information content (AvgIpc) is 2.65. The minimum absolute atomic E-state index is 0.731. The van der Waals surface area contributed by atoms with E-state index in [9.17, 15) is 0 Å². The molecule has 0 bridgehead atoms. The van der Waals surface area contributed by atoms with Gasteiger partial charge in [0.05, 0.1) is 5.02 Å². The van der Waals surface area contributed by atoms with E-state index in [4.69, 9.17) is 11.6 Å². The highest BCUT2D eigenvalue weighted by molar-refractivity contribution is 9.10. The third-order valence-corrected chi connectivity index (χ3v) is 4.61. The molecule has 2 aromatic rings. The monoisotopic (exact) mass is 340 g/mol. The smallest absolute Gasteiger partial charge is 0.0549 e. The number of aromatic nitrogens is 1. The summed E-state index contributed by atoms with van der Waals surface area (Å²) in [5, 5.41) is 4.16. The molecule has 0 aliphatic heterocycles. The van der Waals surface area contributed by atoms with Gasteiger partial charge in [0.25, 0.3) is 0 Å². The van der Waals surface area contributed by atoms with Crippen LogP contribution in [0.4, 0.5) is 5.69 Å². The summed E-state index contributed by atoms with van der Waals surface area (Å²) in [6.45, 7) is 8.34. The minimum atomic E-state index is 0.731. The van der Waals surface area contributed by atoms with Gasteiger partial charge < -0.3 is 9.88 Å². The topological polar surface area (TPSA) is 17.0 Å². The molecule has 1 aromatic heterocycles. The first-order valence-corrected chi connectivity index (χ1v) is 7.54. The molecule has 0 saturated carbocycles. The zero-order valence-electron chi connectivity index (χ0n) is 11.4. The SMILES string of the molecule is CCn1c(C)cc(CNc2ccc(Cl)c(Br)c2)c1C. The van der Waals surface area contributed by atoms with Gasteiger partial charge in [-0.25, -0.2) is 0 Å². The summed E-state index contributed by atoms with van der Waals surface area (Å²) < 4.78 is 3.24. The van der Waals surface area contributed by atoms with E-state index in [0.717, 1.165) is 28.3 Å². The van der Waals surface area contributed by atoms with Crippen molar-refractivity contribution in [3.63, 3.8) is 0 Å². The maximum atomic E-state index is 5.99. The molecule has 1 aromatic carbocycles. The summed E-state index contributed by atoms with van der Waals surface area (Å²) in [7, 11) is 0. The average molecular weight is 342 g/mol. The highest BCUT2D eigenvalue weighted by Gasteiger charge is 2.07. The molecule has 0 spiro atoms. The van der Waals surface area contributed by atoms with Crippen LogP contribution in [0.15, 0.2) is 28.7 Å². The van der Waals surface area contributed by atoms with Crippen molar-refractivity contribution in [1.82, 2.24) is 4.57 Å². The van der Waals surface area contributed by atoms with Crippen LogP contribution in [0, 0.1) is 13.8 Å². The second-order valence-corrected chi connectivity index (χ2v) is 5.88. The van der Waals surface area contributed by atoms with E-state index in [-0.39, 0.29) is 0 Å². The minimum Gasteiger partial charge on any atom is -0.381 e. The number of aryl methyl sites for hydroxylation is 1. The number of anilines is 1. The Bertz CT molecular complexity index is 590. The molecular weight excluding hydrogens is 324 g/mol. The fourth-order valence-electron chi connectivity index (χ4n) is 2.34. The number of hydrogen-bond donors (Lipinski definition) is 1. The quantitative estimate of drug-likeness (QED) is 0.813. The number of nitrogens with zero attached hydrogens (tertiary/aromatic N) is 1. The van der Waals surface area contributed by atoms with Crippen LogP contribution in [0.2, 0.25) is 5.02 Å². The standard InChI is InChI=1S/C15H18BrClN2/c1-4-19-10(2)7-12(11(19)3)9-18-13-5-6-15(17)14(16)8-13/h5-8,18H,4,9H2,1-3H3. The zero-order chi connectivity index (χ0) is 14.0. The second kappa shape index (κ2) is 6.02. The van der Waals surface area contributed by atoms with Gasteiger partial charge in [-0.15, -0.1) is 0 Å². The van der Waals surface area contributed by atoms with E-state index < -0.39 is 0 Å². The van der Waals surface area contributed by atoms with E-state index in [1.807, 2.05) is 18.2 Å². The first kappa shape index (κ1) is 14.5. The van der Waals surface area contributed by atoms with Gasteiger partial charge in [0.15, 0.2) is 0 Å². The second-order valence-electron chi connectivity index (χ2n) is 4.62. The largest absolute Gasteiger partial charge is 0.381 e. The molecule has 1 N–H and O–H groups in total. The Morgan fingerprint density at radius 2 is 2.00 bits per heavy atom. The van der Waals surface area contributed by atoms with Gasteiger partial charge in [-0.3, -0.25) is 0 Å².